The number of ketones is 1. The molecule has 2 aliphatic carbocycles. The molecular formula is C25H28FNO5. The standard InChI is InChI=1S/C25H28FNO5/c1-13-12-18-22(23(28)19(13)24(29)31-3)21(15-8-10-16(26)11-9-15)20(14(2)27-18)25(30)32-17-6-4-5-7-17/h8-11,13,17,19,21,27H,4-7,12H2,1-3H3/t13-,19-,21-/m0/s1. The lowest BCUT2D eigenvalue weighted by molar-refractivity contribution is -0.151. The van der Waals surface area contributed by atoms with Crippen LogP contribution in [0.2, 0.25) is 0 Å². The normalized spacial score (nSPS) is 26.0. The summed E-state index contributed by atoms with van der Waals surface area (Å²) >= 11 is 0. The molecule has 4 rings (SSSR count). The van der Waals surface area contributed by atoms with E-state index in [1.54, 1.807) is 19.1 Å². The van der Waals surface area contributed by atoms with Gasteiger partial charge in [0.25, 0.3) is 0 Å². The second-order valence-corrected chi connectivity index (χ2v) is 8.90. The Balaban J connectivity index is 1.79. The third-order valence-corrected chi connectivity index (χ3v) is 6.74. The average Bonchev–Trinajstić information content (AvgIpc) is 3.26. The molecule has 1 aliphatic heterocycles. The van der Waals surface area contributed by atoms with E-state index in [4.69, 9.17) is 9.47 Å². The van der Waals surface area contributed by atoms with Gasteiger partial charge in [0, 0.05) is 22.9 Å². The Morgan fingerprint density at radius 1 is 1.12 bits per heavy atom. The summed E-state index contributed by atoms with van der Waals surface area (Å²) in [4.78, 5) is 39.3. The molecule has 1 heterocycles. The molecule has 1 saturated carbocycles. The lowest BCUT2D eigenvalue weighted by Crippen LogP contribution is -2.43. The van der Waals surface area contributed by atoms with Gasteiger partial charge < -0.3 is 14.8 Å². The minimum Gasteiger partial charge on any atom is -0.468 e. The van der Waals surface area contributed by atoms with Gasteiger partial charge in [-0.15, -0.1) is 0 Å². The van der Waals surface area contributed by atoms with Crippen LogP contribution in [0.1, 0.15) is 57.4 Å². The molecule has 3 atom stereocenters. The first-order chi connectivity index (χ1) is 15.3. The zero-order chi connectivity index (χ0) is 23.0. The molecule has 170 valence electrons. The molecule has 1 N–H and O–H groups in total. The lowest BCUT2D eigenvalue weighted by Gasteiger charge is -2.38. The summed E-state index contributed by atoms with van der Waals surface area (Å²) < 4.78 is 24.4. The number of hydrogen-bond donors (Lipinski definition) is 1. The van der Waals surface area contributed by atoms with Crippen molar-refractivity contribution in [2.45, 2.75) is 58.0 Å². The zero-order valence-electron chi connectivity index (χ0n) is 18.6. The lowest BCUT2D eigenvalue weighted by atomic mass is 9.69. The first-order valence-electron chi connectivity index (χ1n) is 11.1. The van der Waals surface area contributed by atoms with E-state index in [9.17, 15) is 18.8 Å². The Kier molecular flexibility index (Phi) is 6.17. The number of Topliss-reactive ketones (excluding diaryl/α,β-unsaturated/α-hetero) is 1. The monoisotopic (exact) mass is 441 g/mol. The molecular weight excluding hydrogens is 413 g/mol. The van der Waals surface area contributed by atoms with E-state index in [2.05, 4.69) is 5.32 Å². The summed E-state index contributed by atoms with van der Waals surface area (Å²) in [6.07, 6.45) is 3.99. The Labute approximate surface area is 186 Å². The molecule has 0 amide bonds. The van der Waals surface area contributed by atoms with E-state index in [1.807, 2.05) is 6.92 Å². The van der Waals surface area contributed by atoms with Crippen molar-refractivity contribution < 1.29 is 28.2 Å². The Bertz CT molecular complexity index is 1000. The zero-order valence-corrected chi connectivity index (χ0v) is 18.6. The highest BCUT2D eigenvalue weighted by atomic mass is 19.1. The van der Waals surface area contributed by atoms with Crippen LogP contribution in [0.25, 0.3) is 0 Å². The molecule has 3 aliphatic rings. The number of carbonyl (C=O) groups is 3. The van der Waals surface area contributed by atoms with Gasteiger partial charge in [0.05, 0.1) is 12.7 Å². The molecule has 7 heteroatoms. The van der Waals surface area contributed by atoms with Crippen molar-refractivity contribution in [3.63, 3.8) is 0 Å². The molecule has 1 aromatic rings. The number of benzene rings is 1. The van der Waals surface area contributed by atoms with Crippen LogP contribution in [0.15, 0.2) is 46.8 Å². The average molecular weight is 441 g/mol. The molecule has 0 unspecified atom stereocenters. The number of methoxy groups -OCH3 is 1. The summed E-state index contributed by atoms with van der Waals surface area (Å²) in [5.74, 6) is -3.80. The van der Waals surface area contributed by atoms with E-state index < -0.39 is 29.6 Å². The first-order valence-corrected chi connectivity index (χ1v) is 11.1. The van der Waals surface area contributed by atoms with Crippen LogP contribution in [0.5, 0.6) is 0 Å². The maximum atomic E-state index is 13.7. The van der Waals surface area contributed by atoms with Gasteiger partial charge in [-0.2, -0.15) is 0 Å². The highest BCUT2D eigenvalue weighted by Crippen LogP contribution is 2.45. The van der Waals surface area contributed by atoms with Gasteiger partial charge in [0.1, 0.15) is 17.8 Å². The topological polar surface area (TPSA) is 81.7 Å². The van der Waals surface area contributed by atoms with E-state index in [0.29, 0.717) is 34.5 Å². The maximum Gasteiger partial charge on any atom is 0.337 e. The number of dihydropyridines is 1. The molecule has 0 aromatic heterocycles. The minimum absolute atomic E-state index is 0.142. The van der Waals surface area contributed by atoms with Crippen LogP contribution in [0, 0.1) is 17.7 Å². The van der Waals surface area contributed by atoms with Crippen LogP contribution in [-0.2, 0) is 23.9 Å². The minimum atomic E-state index is -0.950. The van der Waals surface area contributed by atoms with E-state index in [1.165, 1.54) is 19.2 Å². The van der Waals surface area contributed by atoms with Gasteiger partial charge in [-0.05, 0) is 62.6 Å². The SMILES string of the molecule is COC(=O)[C@@H]1C(=O)C2=C(C[C@@H]1C)NC(C)=C(C(=O)OC1CCCC1)[C@@H]2c1ccc(F)cc1. The van der Waals surface area contributed by atoms with Crippen molar-refractivity contribution in [3.05, 3.63) is 58.2 Å². The van der Waals surface area contributed by atoms with Crippen molar-refractivity contribution in [3.8, 4) is 0 Å². The highest BCUT2D eigenvalue weighted by Gasteiger charge is 2.47. The predicted molar refractivity (Wildman–Crippen MR) is 115 cm³/mol. The van der Waals surface area contributed by atoms with Crippen molar-refractivity contribution in [1.82, 2.24) is 5.32 Å². The van der Waals surface area contributed by atoms with Crippen molar-refractivity contribution >= 4 is 17.7 Å². The number of esters is 2. The van der Waals surface area contributed by atoms with Gasteiger partial charge in [-0.1, -0.05) is 19.1 Å². The van der Waals surface area contributed by atoms with E-state index in [-0.39, 0.29) is 17.8 Å². The number of carbonyl (C=O) groups excluding carboxylic acids is 3. The summed E-state index contributed by atoms with van der Waals surface area (Å²) in [5.41, 5.74) is 2.58. The number of allylic oxidation sites excluding steroid dienone is 3. The summed E-state index contributed by atoms with van der Waals surface area (Å²) in [6.45, 7) is 3.62. The fourth-order valence-corrected chi connectivity index (χ4v) is 5.16. The van der Waals surface area contributed by atoms with Gasteiger partial charge in [0.2, 0.25) is 0 Å². The second kappa shape index (κ2) is 8.88. The van der Waals surface area contributed by atoms with Crippen molar-refractivity contribution in [1.29, 1.82) is 0 Å². The van der Waals surface area contributed by atoms with Crippen LogP contribution < -0.4 is 5.32 Å². The van der Waals surface area contributed by atoms with Gasteiger partial charge in [-0.3, -0.25) is 9.59 Å². The molecule has 1 fully saturated rings. The number of rotatable bonds is 4. The van der Waals surface area contributed by atoms with Crippen LogP contribution >= 0.6 is 0 Å². The van der Waals surface area contributed by atoms with Crippen LogP contribution in [-0.4, -0.2) is 30.9 Å². The molecule has 32 heavy (non-hydrogen) atoms. The highest BCUT2D eigenvalue weighted by molar-refractivity contribution is 6.12. The number of hydrogen-bond acceptors (Lipinski definition) is 6. The van der Waals surface area contributed by atoms with Gasteiger partial charge >= 0.3 is 11.9 Å². The van der Waals surface area contributed by atoms with Gasteiger partial charge in [0.15, 0.2) is 5.78 Å². The van der Waals surface area contributed by atoms with Crippen molar-refractivity contribution in [2.75, 3.05) is 7.11 Å². The molecule has 0 saturated heterocycles. The molecule has 6 nitrogen and oxygen atoms in total. The fraction of sp³-hybridized carbons (Fsp3) is 0.480. The van der Waals surface area contributed by atoms with E-state index >= 15 is 0 Å². The first kappa shape index (κ1) is 22.2. The maximum absolute atomic E-state index is 13.7. The molecule has 0 bridgehead atoms. The molecule has 0 radical (unpaired) electrons. The molecule has 1 aromatic carbocycles. The number of ether oxygens (including phenoxy) is 2. The van der Waals surface area contributed by atoms with Crippen LogP contribution in [0.4, 0.5) is 4.39 Å². The summed E-state index contributed by atoms with van der Waals surface area (Å²) in [6, 6.07) is 5.76. The van der Waals surface area contributed by atoms with Crippen molar-refractivity contribution in [2.24, 2.45) is 11.8 Å². The van der Waals surface area contributed by atoms with Crippen LogP contribution in [0.3, 0.4) is 0 Å². The van der Waals surface area contributed by atoms with E-state index in [0.717, 1.165) is 25.7 Å². The summed E-state index contributed by atoms with van der Waals surface area (Å²) in [7, 11) is 1.26. The number of halogens is 1. The predicted octanol–water partition coefficient (Wildman–Crippen LogP) is 3.92. The third kappa shape index (κ3) is 3.96. The number of nitrogens with one attached hydrogen (secondary N) is 1. The smallest absolute Gasteiger partial charge is 0.337 e. The Morgan fingerprint density at radius 3 is 2.41 bits per heavy atom. The Morgan fingerprint density at radius 2 is 1.78 bits per heavy atom. The fourth-order valence-electron chi connectivity index (χ4n) is 5.16. The van der Waals surface area contributed by atoms with Gasteiger partial charge in [-0.25, -0.2) is 9.18 Å². The molecule has 0 spiro atoms. The second-order valence-electron chi connectivity index (χ2n) is 8.90. The Hall–Kier alpha value is -2.96. The third-order valence-electron chi connectivity index (χ3n) is 6.74. The quantitative estimate of drug-likeness (QED) is 0.563. The largest absolute Gasteiger partial charge is 0.468 e. The summed E-state index contributed by atoms with van der Waals surface area (Å²) in [5, 5.41) is 3.24.